The van der Waals surface area contributed by atoms with Crippen molar-refractivity contribution in [3.63, 3.8) is 0 Å². The Labute approximate surface area is 171 Å². The van der Waals surface area contributed by atoms with E-state index in [0.717, 1.165) is 51.7 Å². The quantitative estimate of drug-likeness (QED) is 0.623. The number of nitrogens with one attached hydrogen (secondary N) is 1. The van der Waals surface area contributed by atoms with Crippen molar-refractivity contribution in [1.29, 1.82) is 0 Å². The second-order valence-electron chi connectivity index (χ2n) is 8.80. The highest BCUT2D eigenvalue weighted by Gasteiger charge is 2.50. The molecular weight excluding hydrogens is 358 g/mol. The molecule has 2 fully saturated rings. The molecule has 0 amide bonds. The summed E-state index contributed by atoms with van der Waals surface area (Å²) in [4.78, 5) is 3.34. The average Bonchev–Trinajstić information content (AvgIpc) is 3.48. The number of aryl methyl sites for hydroxylation is 1. The van der Waals surface area contributed by atoms with Gasteiger partial charge in [0.15, 0.2) is 5.79 Å². The molecule has 0 bridgehead atoms. The Morgan fingerprint density at radius 1 is 0.828 bits per heavy atom. The summed E-state index contributed by atoms with van der Waals surface area (Å²) in [5.41, 5.74) is 7.35. The molecule has 1 saturated carbocycles. The molecular formula is C26H27NO2. The van der Waals surface area contributed by atoms with Gasteiger partial charge in [0.2, 0.25) is 0 Å². The maximum absolute atomic E-state index is 6.03. The zero-order valence-electron chi connectivity index (χ0n) is 16.7. The number of fused-ring (bicyclic) bond motifs is 3. The Hall–Kier alpha value is -2.36. The minimum Gasteiger partial charge on any atom is -0.361 e. The SMILES string of the molecule is C1=C(CCc2cccc3[nH]ccc23)C2(CCC3(CC2)OCCO3)c2ccccc21. The van der Waals surface area contributed by atoms with Crippen LogP contribution in [0.4, 0.5) is 0 Å². The van der Waals surface area contributed by atoms with E-state index in [4.69, 9.17) is 9.47 Å². The van der Waals surface area contributed by atoms with Gasteiger partial charge < -0.3 is 14.5 Å². The van der Waals surface area contributed by atoms with Crippen molar-refractivity contribution in [2.75, 3.05) is 13.2 Å². The normalized spacial score (nSPS) is 21.7. The number of ether oxygens (including phenoxy) is 2. The monoisotopic (exact) mass is 385 g/mol. The molecule has 2 aromatic carbocycles. The second kappa shape index (κ2) is 6.58. The van der Waals surface area contributed by atoms with Crippen LogP contribution < -0.4 is 0 Å². The first-order valence-corrected chi connectivity index (χ1v) is 10.9. The minimum absolute atomic E-state index is 0.156. The van der Waals surface area contributed by atoms with Gasteiger partial charge in [0.05, 0.1) is 13.2 Å². The standard InChI is InChI=1S/C26H27NO2/c1-2-6-23-20(4-1)18-21(9-8-19-5-3-7-24-22(19)10-15-27-24)25(23)11-13-26(14-12-25)28-16-17-29-26/h1-7,10,15,18,27H,8-9,11-14,16-17H2. The predicted molar refractivity (Wildman–Crippen MR) is 116 cm³/mol. The summed E-state index contributed by atoms with van der Waals surface area (Å²) in [6.07, 6.45) is 10.9. The molecule has 3 aromatic rings. The van der Waals surface area contributed by atoms with E-state index >= 15 is 0 Å². The average molecular weight is 386 g/mol. The van der Waals surface area contributed by atoms with E-state index in [0.29, 0.717) is 0 Å². The van der Waals surface area contributed by atoms with Crippen LogP contribution >= 0.6 is 0 Å². The molecule has 1 aliphatic heterocycles. The van der Waals surface area contributed by atoms with Crippen LogP contribution in [0, 0.1) is 0 Å². The molecule has 1 aromatic heterocycles. The molecule has 6 rings (SSSR count). The first-order valence-electron chi connectivity index (χ1n) is 10.9. The predicted octanol–water partition coefficient (Wildman–Crippen LogP) is 5.75. The van der Waals surface area contributed by atoms with Gasteiger partial charge in [-0.05, 0) is 54.5 Å². The fourth-order valence-corrected chi connectivity index (χ4v) is 5.94. The van der Waals surface area contributed by atoms with Crippen LogP contribution in [0.15, 0.2) is 60.3 Å². The fourth-order valence-electron chi connectivity index (χ4n) is 5.94. The Balaban J connectivity index is 1.31. The van der Waals surface area contributed by atoms with E-state index in [1.807, 2.05) is 6.20 Å². The minimum atomic E-state index is -0.315. The van der Waals surface area contributed by atoms with Crippen LogP contribution in [0.5, 0.6) is 0 Å². The van der Waals surface area contributed by atoms with Crippen LogP contribution in [-0.4, -0.2) is 24.0 Å². The molecule has 1 saturated heterocycles. The lowest BCUT2D eigenvalue weighted by molar-refractivity contribution is -0.183. The Morgan fingerprint density at radius 3 is 2.52 bits per heavy atom. The lowest BCUT2D eigenvalue weighted by atomic mass is 9.64. The van der Waals surface area contributed by atoms with Crippen LogP contribution in [-0.2, 0) is 21.3 Å². The highest BCUT2D eigenvalue weighted by Crippen LogP contribution is 2.55. The van der Waals surface area contributed by atoms with Gasteiger partial charge in [-0.1, -0.05) is 48.0 Å². The van der Waals surface area contributed by atoms with Crippen LogP contribution in [0.25, 0.3) is 17.0 Å². The first-order chi connectivity index (χ1) is 14.3. The van der Waals surface area contributed by atoms with Gasteiger partial charge in [-0.3, -0.25) is 0 Å². The van der Waals surface area contributed by atoms with Gasteiger partial charge >= 0.3 is 0 Å². The highest BCUT2D eigenvalue weighted by molar-refractivity contribution is 5.83. The third-order valence-electron chi connectivity index (χ3n) is 7.45. The molecule has 3 aliphatic rings. The van der Waals surface area contributed by atoms with E-state index in [1.165, 1.54) is 27.6 Å². The van der Waals surface area contributed by atoms with E-state index in [1.54, 1.807) is 5.57 Å². The summed E-state index contributed by atoms with van der Waals surface area (Å²) in [6.45, 7) is 1.49. The van der Waals surface area contributed by atoms with Gasteiger partial charge in [-0.25, -0.2) is 0 Å². The molecule has 2 heterocycles. The number of benzene rings is 2. The van der Waals surface area contributed by atoms with Gasteiger partial charge in [0, 0.05) is 35.4 Å². The van der Waals surface area contributed by atoms with E-state index < -0.39 is 0 Å². The van der Waals surface area contributed by atoms with Crippen molar-refractivity contribution in [1.82, 2.24) is 4.98 Å². The van der Waals surface area contributed by atoms with Crippen molar-refractivity contribution in [2.24, 2.45) is 0 Å². The lowest BCUT2D eigenvalue weighted by Gasteiger charge is -2.44. The van der Waals surface area contributed by atoms with Gasteiger partial charge in [0.1, 0.15) is 0 Å². The van der Waals surface area contributed by atoms with Crippen LogP contribution in [0.3, 0.4) is 0 Å². The molecule has 2 aliphatic carbocycles. The number of aromatic amines is 1. The molecule has 148 valence electrons. The zero-order chi connectivity index (χ0) is 19.3. The van der Waals surface area contributed by atoms with Gasteiger partial charge in [0.25, 0.3) is 0 Å². The van der Waals surface area contributed by atoms with Crippen molar-refractivity contribution in [3.05, 3.63) is 77.0 Å². The molecule has 3 heteroatoms. The largest absolute Gasteiger partial charge is 0.361 e. The van der Waals surface area contributed by atoms with Crippen molar-refractivity contribution < 1.29 is 9.47 Å². The van der Waals surface area contributed by atoms with E-state index in [9.17, 15) is 0 Å². The number of allylic oxidation sites excluding steroid dienone is 1. The third kappa shape index (κ3) is 2.72. The van der Waals surface area contributed by atoms with E-state index in [2.05, 4.69) is 59.6 Å². The highest BCUT2D eigenvalue weighted by atomic mass is 16.7. The third-order valence-corrected chi connectivity index (χ3v) is 7.45. The van der Waals surface area contributed by atoms with Crippen molar-refractivity contribution in [2.45, 2.75) is 49.7 Å². The summed E-state index contributed by atoms with van der Waals surface area (Å²) >= 11 is 0. The number of hydrogen-bond donors (Lipinski definition) is 1. The number of rotatable bonds is 3. The van der Waals surface area contributed by atoms with Crippen LogP contribution in [0.2, 0.25) is 0 Å². The summed E-state index contributed by atoms with van der Waals surface area (Å²) in [5.74, 6) is -0.315. The lowest BCUT2D eigenvalue weighted by Crippen LogP contribution is -2.42. The second-order valence-corrected chi connectivity index (χ2v) is 8.80. The fraction of sp³-hybridized carbons (Fsp3) is 0.385. The first kappa shape index (κ1) is 17.5. The van der Waals surface area contributed by atoms with Crippen LogP contribution in [0.1, 0.15) is 48.8 Å². The molecule has 3 nitrogen and oxygen atoms in total. The maximum atomic E-state index is 6.03. The van der Waals surface area contributed by atoms with Crippen molar-refractivity contribution in [3.8, 4) is 0 Å². The maximum Gasteiger partial charge on any atom is 0.168 e. The van der Waals surface area contributed by atoms with Gasteiger partial charge in [-0.2, -0.15) is 0 Å². The molecule has 0 unspecified atom stereocenters. The van der Waals surface area contributed by atoms with E-state index in [-0.39, 0.29) is 11.2 Å². The van der Waals surface area contributed by atoms with Gasteiger partial charge in [-0.15, -0.1) is 0 Å². The number of hydrogen-bond acceptors (Lipinski definition) is 2. The Morgan fingerprint density at radius 2 is 1.66 bits per heavy atom. The number of aromatic nitrogens is 1. The molecule has 29 heavy (non-hydrogen) atoms. The Kier molecular flexibility index (Phi) is 3.97. The molecule has 1 N–H and O–H groups in total. The topological polar surface area (TPSA) is 34.2 Å². The summed E-state index contributed by atoms with van der Waals surface area (Å²) in [7, 11) is 0. The molecule has 0 radical (unpaired) electrons. The summed E-state index contributed by atoms with van der Waals surface area (Å²) < 4.78 is 12.1. The smallest absolute Gasteiger partial charge is 0.168 e. The summed E-state index contributed by atoms with van der Waals surface area (Å²) in [5, 5.41) is 1.35. The van der Waals surface area contributed by atoms with Crippen molar-refractivity contribution >= 4 is 17.0 Å². The zero-order valence-corrected chi connectivity index (χ0v) is 16.7. The number of H-pyrrole nitrogens is 1. The molecule has 2 spiro atoms. The molecule has 0 atom stereocenters. The Bertz CT molecular complexity index is 1080. The summed E-state index contributed by atoms with van der Waals surface area (Å²) in [6, 6.07) is 17.8.